The molecule has 0 radical (unpaired) electrons. The topological polar surface area (TPSA) is 76.1 Å². The molecule has 1 unspecified atom stereocenters. The van der Waals surface area contributed by atoms with Gasteiger partial charge >= 0.3 is 0 Å². The first-order valence-corrected chi connectivity index (χ1v) is 11.8. The zero-order valence-electron chi connectivity index (χ0n) is 19.7. The van der Waals surface area contributed by atoms with E-state index in [0.717, 1.165) is 30.6 Å². The van der Waals surface area contributed by atoms with Crippen LogP contribution in [-0.2, 0) is 9.59 Å². The number of carbonyl (C=O) groups excluding carboxylic acids is 2. The Morgan fingerprint density at radius 3 is 2.03 bits per heavy atom. The van der Waals surface area contributed by atoms with E-state index in [-0.39, 0.29) is 11.3 Å². The molecular weight excluding hydrogens is 418 g/mol. The minimum atomic E-state index is -0.666. The van der Waals surface area contributed by atoms with Crippen LogP contribution in [0.3, 0.4) is 0 Å². The molecular formula is C27H33NO5. The van der Waals surface area contributed by atoms with E-state index in [9.17, 15) is 14.7 Å². The molecule has 1 atom stereocenters. The molecule has 6 nitrogen and oxygen atoms in total. The summed E-state index contributed by atoms with van der Waals surface area (Å²) >= 11 is 0. The maximum absolute atomic E-state index is 13.0. The third kappa shape index (κ3) is 5.56. The molecule has 0 bridgehead atoms. The highest BCUT2D eigenvalue weighted by Gasteiger charge is 2.45. The van der Waals surface area contributed by atoms with Crippen LogP contribution in [0.25, 0.3) is 5.76 Å². The summed E-state index contributed by atoms with van der Waals surface area (Å²) in [6.45, 7) is 7.75. The van der Waals surface area contributed by atoms with Gasteiger partial charge in [-0.1, -0.05) is 39.3 Å². The van der Waals surface area contributed by atoms with E-state index in [1.807, 2.05) is 38.1 Å². The predicted octanol–water partition coefficient (Wildman–Crippen LogP) is 5.49. The van der Waals surface area contributed by atoms with Gasteiger partial charge in [-0.15, -0.1) is 0 Å². The molecule has 1 saturated heterocycles. The number of ketones is 1. The number of aliphatic hydroxyl groups is 1. The van der Waals surface area contributed by atoms with E-state index in [4.69, 9.17) is 9.47 Å². The Morgan fingerprint density at radius 1 is 0.848 bits per heavy atom. The molecule has 6 heteroatoms. The number of carbonyl (C=O) groups is 2. The Labute approximate surface area is 195 Å². The fraction of sp³-hybridized carbons (Fsp3) is 0.407. The van der Waals surface area contributed by atoms with Gasteiger partial charge in [-0.3, -0.25) is 9.59 Å². The summed E-state index contributed by atoms with van der Waals surface area (Å²) in [4.78, 5) is 27.3. The number of amides is 1. The molecule has 1 N–H and O–H groups in total. The van der Waals surface area contributed by atoms with Gasteiger partial charge in [-0.2, -0.15) is 0 Å². The van der Waals surface area contributed by atoms with Crippen molar-refractivity contribution in [2.45, 2.75) is 52.5 Å². The van der Waals surface area contributed by atoms with E-state index >= 15 is 0 Å². The Kier molecular flexibility index (Phi) is 8.52. The van der Waals surface area contributed by atoms with Crippen LogP contribution in [0.1, 0.15) is 63.6 Å². The van der Waals surface area contributed by atoms with E-state index in [0.29, 0.717) is 37.5 Å². The molecule has 2 aromatic rings. The fourth-order valence-corrected chi connectivity index (χ4v) is 3.86. The van der Waals surface area contributed by atoms with Gasteiger partial charge in [0.15, 0.2) is 0 Å². The van der Waals surface area contributed by atoms with Crippen molar-refractivity contribution in [3.8, 4) is 11.5 Å². The molecule has 1 heterocycles. The molecule has 1 aliphatic rings. The van der Waals surface area contributed by atoms with Crippen LogP contribution in [0.2, 0.25) is 0 Å². The quantitative estimate of drug-likeness (QED) is 0.212. The average molecular weight is 452 g/mol. The van der Waals surface area contributed by atoms with Gasteiger partial charge in [0.1, 0.15) is 17.3 Å². The zero-order chi connectivity index (χ0) is 23.8. The van der Waals surface area contributed by atoms with Crippen molar-refractivity contribution in [3.63, 3.8) is 0 Å². The molecule has 0 aliphatic carbocycles. The van der Waals surface area contributed by atoms with E-state index in [1.165, 1.54) is 0 Å². The van der Waals surface area contributed by atoms with Gasteiger partial charge in [0.2, 0.25) is 0 Å². The lowest BCUT2D eigenvalue weighted by Gasteiger charge is -2.25. The highest BCUT2D eigenvalue weighted by Crippen LogP contribution is 2.40. The van der Waals surface area contributed by atoms with Gasteiger partial charge in [0.25, 0.3) is 11.7 Å². The second-order valence-electron chi connectivity index (χ2n) is 8.14. The van der Waals surface area contributed by atoms with Crippen LogP contribution in [-0.4, -0.2) is 41.5 Å². The summed E-state index contributed by atoms with van der Waals surface area (Å²) in [6, 6.07) is 13.7. The highest BCUT2D eigenvalue weighted by atomic mass is 16.5. The van der Waals surface area contributed by atoms with Crippen molar-refractivity contribution in [1.29, 1.82) is 0 Å². The number of hydrogen-bond donors (Lipinski definition) is 1. The lowest BCUT2D eigenvalue weighted by molar-refractivity contribution is -0.139. The van der Waals surface area contributed by atoms with Gasteiger partial charge in [-0.05, 0) is 61.2 Å². The molecule has 33 heavy (non-hydrogen) atoms. The van der Waals surface area contributed by atoms with Crippen molar-refractivity contribution in [2.24, 2.45) is 0 Å². The number of hydrogen-bond acceptors (Lipinski definition) is 5. The van der Waals surface area contributed by atoms with Crippen LogP contribution in [0.15, 0.2) is 54.1 Å². The van der Waals surface area contributed by atoms with Gasteiger partial charge in [0.05, 0.1) is 24.8 Å². The summed E-state index contributed by atoms with van der Waals surface area (Å²) < 4.78 is 11.3. The molecule has 2 aromatic carbocycles. The first-order chi connectivity index (χ1) is 16.0. The number of benzene rings is 2. The second-order valence-corrected chi connectivity index (χ2v) is 8.14. The predicted molar refractivity (Wildman–Crippen MR) is 128 cm³/mol. The molecule has 176 valence electrons. The van der Waals surface area contributed by atoms with Crippen molar-refractivity contribution in [3.05, 3.63) is 65.2 Å². The Balaban J connectivity index is 1.97. The number of aliphatic hydroxyl groups excluding tert-OH is 1. The van der Waals surface area contributed by atoms with Crippen LogP contribution >= 0.6 is 0 Å². The van der Waals surface area contributed by atoms with Gasteiger partial charge in [-0.25, -0.2) is 0 Å². The number of ether oxygens (including phenoxy) is 2. The third-order valence-electron chi connectivity index (χ3n) is 5.57. The summed E-state index contributed by atoms with van der Waals surface area (Å²) in [5.74, 6) is -0.00488. The fourth-order valence-electron chi connectivity index (χ4n) is 3.86. The van der Waals surface area contributed by atoms with Gasteiger partial charge in [0, 0.05) is 12.1 Å². The van der Waals surface area contributed by atoms with E-state index in [2.05, 4.69) is 6.92 Å². The number of likely N-dealkylation sites (tertiary alicyclic amines) is 1. The van der Waals surface area contributed by atoms with Crippen molar-refractivity contribution in [1.82, 2.24) is 4.90 Å². The molecule has 0 saturated carbocycles. The summed E-state index contributed by atoms with van der Waals surface area (Å²) in [5.41, 5.74) is 1.34. The SMILES string of the molecule is CCCCOc1ccc(C2/C(=C(/O)c3ccc(OCCC)cc3)C(=O)C(=O)N2CCC)cc1. The maximum Gasteiger partial charge on any atom is 0.295 e. The standard InChI is InChI=1S/C27H33NO5/c1-4-7-18-33-22-12-8-19(9-13-22)24-23(26(30)27(31)28(24)16-5-2)25(29)20-10-14-21(15-11-20)32-17-6-3/h8-15,24,29H,4-7,16-18H2,1-3H3/b25-23-. The Morgan fingerprint density at radius 2 is 1.45 bits per heavy atom. The molecule has 3 rings (SSSR count). The van der Waals surface area contributed by atoms with E-state index in [1.54, 1.807) is 29.2 Å². The Bertz CT molecular complexity index is 979. The highest BCUT2D eigenvalue weighted by molar-refractivity contribution is 6.46. The number of unbranched alkanes of at least 4 members (excludes halogenated alkanes) is 1. The normalized spacial score (nSPS) is 17.4. The molecule has 0 spiro atoms. The van der Waals surface area contributed by atoms with Crippen molar-refractivity contribution < 1.29 is 24.2 Å². The zero-order valence-corrected chi connectivity index (χ0v) is 19.7. The smallest absolute Gasteiger partial charge is 0.295 e. The average Bonchev–Trinajstić information content (AvgIpc) is 3.08. The minimum absolute atomic E-state index is 0.107. The third-order valence-corrected chi connectivity index (χ3v) is 5.57. The first kappa shape index (κ1) is 24.4. The minimum Gasteiger partial charge on any atom is -0.507 e. The number of Topliss-reactive ketones (excluding diaryl/α,β-unsaturated/α-hetero) is 1. The van der Waals surface area contributed by atoms with Crippen molar-refractivity contribution in [2.75, 3.05) is 19.8 Å². The summed E-state index contributed by atoms with van der Waals surface area (Å²) in [7, 11) is 0. The number of nitrogens with zero attached hydrogens (tertiary/aromatic N) is 1. The number of rotatable bonds is 11. The molecule has 0 aromatic heterocycles. The Hall–Kier alpha value is -3.28. The molecule has 1 fully saturated rings. The van der Waals surface area contributed by atoms with E-state index < -0.39 is 17.7 Å². The first-order valence-electron chi connectivity index (χ1n) is 11.8. The maximum atomic E-state index is 13.0. The van der Waals surface area contributed by atoms with Crippen LogP contribution in [0.4, 0.5) is 0 Å². The van der Waals surface area contributed by atoms with Crippen LogP contribution < -0.4 is 9.47 Å². The largest absolute Gasteiger partial charge is 0.507 e. The summed E-state index contributed by atoms with van der Waals surface area (Å²) in [5, 5.41) is 11.1. The monoisotopic (exact) mass is 451 g/mol. The van der Waals surface area contributed by atoms with Crippen LogP contribution in [0, 0.1) is 0 Å². The second kappa shape index (κ2) is 11.5. The lowest BCUT2D eigenvalue weighted by atomic mass is 9.95. The molecule has 1 aliphatic heterocycles. The van der Waals surface area contributed by atoms with Crippen molar-refractivity contribution >= 4 is 17.4 Å². The lowest BCUT2D eigenvalue weighted by Crippen LogP contribution is -2.30. The van der Waals surface area contributed by atoms with Gasteiger partial charge < -0.3 is 19.5 Å². The molecule has 1 amide bonds. The summed E-state index contributed by atoms with van der Waals surface area (Å²) in [6.07, 6.45) is 3.62. The van der Waals surface area contributed by atoms with Crippen LogP contribution in [0.5, 0.6) is 11.5 Å².